The van der Waals surface area contributed by atoms with E-state index in [1.54, 1.807) is 12.1 Å². The van der Waals surface area contributed by atoms with Crippen LogP contribution in [0.5, 0.6) is 0 Å². The van der Waals surface area contributed by atoms with Crippen molar-refractivity contribution in [2.75, 3.05) is 0 Å². The monoisotopic (exact) mass is 246 g/mol. The van der Waals surface area contributed by atoms with E-state index in [1.165, 1.54) is 0 Å². The van der Waals surface area contributed by atoms with Gasteiger partial charge in [0.05, 0.1) is 5.52 Å². The number of nitrogens with zero attached hydrogens (tertiary/aromatic N) is 1. The molecule has 2 rings (SSSR count). The number of carboxylic acids is 1. The molecule has 5 nitrogen and oxygen atoms in total. The Morgan fingerprint density at radius 1 is 1.33 bits per heavy atom. The summed E-state index contributed by atoms with van der Waals surface area (Å²) in [6, 6.07) is 5.37. The van der Waals surface area contributed by atoms with Crippen LogP contribution in [0.2, 0.25) is 0 Å². The van der Waals surface area contributed by atoms with Gasteiger partial charge >= 0.3 is 5.97 Å². The van der Waals surface area contributed by atoms with Crippen molar-refractivity contribution in [3.63, 3.8) is 0 Å². The molecule has 0 bridgehead atoms. The van der Waals surface area contributed by atoms with Crippen molar-refractivity contribution in [1.29, 1.82) is 0 Å². The Hall–Kier alpha value is -2.17. The van der Waals surface area contributed by atoms with Crippen LogP contribution in [0.1, 0.15) is 36.8 Å². The van der Waals surface area contributed by atoms with E-state index in [0.717, 1.165) is 5.56 Å². The van der Waals surface area contributed by atoms with Crippen LogP contribution in [0.4, 0.5) is 0 Å². The number of hydrogen-bond acceptors (Lipinski definition) is 3. The molecule has 0 aliphatic carbocycles. The normalized spacial score (nSPS) is 11.7. The van der Waals surface area contributed by atoms with Crippen LogP contribution in [-0.2, 0) is 5.41 Å². The topological polar surface area (TPSA) is 83.1 Å². The molecule has 0 unspecified atom stereocenters. The molecule has 1 heterocycles. The van der Waals surface area contributed by atoms with Crippen molar-refractivity contribution in [3.05, 3.63) is 39.7 Å². The number of fused-ring (bicyclic) bond motifs is 1. The fraction of sp³-hybridized carbons (Fsp3) is 0.308. The maximum absolute atomic E-state index is 12.0. The van der Waals surface area contributed by atoms with Crippen LogP contribution >= 0.6 is 0 Å². The minimum Gasteiger partial charge on any atom is -0.476 e. The minimum absolute atomic E-state index is 0.104. The molecule has 0 atom stereocenters. The van der Waals surface area contributed by atoms with Crippen LogP contribution in [0, 0.1) is 0 Å². The predicted molar refractivity (Wildman–Crippen MR) is 68.0 cm³/mol. The second-order valence-electron chi connectivity index (χ2n) is 5.22. The number of hydrogen-bond donors (Lipinski definition) is 2. The zero-order chi connectivity index (χ0) is 13.5. The quantitative estimate of drug-likeness (QED) is 0.805. The number of aromatic nitrogens is 2. The van der Waals surface area contributed by atoms with Crippen LogP contribution < -0.4 is 5.43 Å². The Labute approximate surface area is 103 Å². The molecule has 0 saturated carbocycles. The van der Waals surface area contributed by atoms with Crippen LogP contribution in [0.25, 0.3) is 10.9 Å². The molecular formula is C13H14N2O3. The fourth-order valence-electron chi connectivity index (χ4n) is 1.74. The van der Waals surface area contributed by atoms with E-state index in [-0.39, 0.29) is 5.41 Å². The molecule has 0 aliphatic rings. The highest BCUT2D eigenvalue weighted by atomic mass is 16.4. The van der Waals surface area contributed by atoms with Gasteiger partial charge in [-0.05, 0) is 23.1 Å². The van der Waals surface area contributed by atoms with Gasteiger partial charge in [0.1, 0.15) is 0 Å². The predicted octanol–water partition coefficient (Wildman–Crippen LogP) is 1.92. The van der Waals surface area contributed by atoms with E-state index in [2.05, 4.69) is 10.2 Å². The van der Waals surface area contributed by atoms with Gasteiger partial charge in [-0.1, -0.05) is 26.8 Å². The Morgan fingerprint density at radius 3 is 2.56 bits per heavy atom. The smallest absolute Gasteiger partial charge is 0.360 e. The Morgan fingerprint density at radius 2 is 2.00 bits per heavy atom. The van der Waals surface area contributed by atoms with E-state index in [9.17, 15) is 9.59 Å². The van der Waals surface area contributed by atoms with Crippen molar-refractivity contribution in [1.82, 2.24) is 10.2 Å². The van der Waals surface area contributed by atoms with E-state index in [1.807, 2.05) is 26.8 Å². The van der Waals surface area contributed by atoms with Gasteiger partial charge < -0.3 is 5.11 Å². The second kappa shape index (κ2) is 3.94. The lowest BCUT2D eigenvalue weighted by Crippen LogP contribution is -2.19. The number of aromatic amines is 1. The van der Waals surface area contributed by atoms with Crippen molar-refractivity contribution >= 4 is 16.9 Å². The molecule has 2 N–H and O–H groups in total. The lowest BCUT2D eigenvalue weighted by molar-refractivity contribution is 0.0688. The molecule has 2 aromatic rings. The van der Waals surface area contributed by atoms with Crippen molar-refractivity contribution in [2.24, 2.45) is 0 Å². The van der Waals surface area contributed by atoms with Gasteiger partial charge in [0.25, 0.3) is 0 Å². The van der Waals surface area contributed by atoms with E-state index >= 15 is 0 Å². The molecule has 0 fully saturated rings. The van der Waals surface area contributed by atoms with Crippen LogP contribution in [-0.4, -0.2) is 21.3 Å². The zero-order valence-electron chi connectivity index (χ0n) is 10.4. The maximum Gasteiger partial charge on any atom is 0.360 e. The summed E-state index contributed by atoms with van der Waals surface area (Å²) in [5, 5.41) is 15.4. The first-order valence-electron chi connectivity index (χ1n) is 5.57. The summed E-state index contributed by atoms with van der Waals surface area (Å²) in [5.41, 5.74) is 0.379. The number of H-pyrrole nitrogens is 1. The van der Waals surface area contributed by atoms with Gasteiger partial charge in [-0.3, -0.25) is 9.89 Å². The average Bonchev–Trinajstić information content (AvgIpc) is 2.27. The van der Waals surface area contributed by atoms with Crippen molar-refractivity contribution in [3.8, 4) is 0 Å². The summed E-state index contributed by atoms with van der Waals surface area (Å²) >= 11 is 0. The highest BCUT2D eigenvalue weighted by Crippen LogP contribution is 2.24. The average molecular weight is 246 g/mol. The molecule has 1 aromatic heterocycles. The maximum atomic E-state index is 12.0. The number of aromatic carboxylic acids is 1. The first-order valence-corrected chi connectivity index (χ1v) is 5.57. The Balaban J connectivity index is 2.79. The number of nitrogens with one attached hydrogen (secondary N) is 1. The van der Waals surface area contributed by atoms with Gasteiger partial charge in [-0.25, -0.2) is 4.79 Å². The number of benzene rings is 1. The van der Waals surface area contributed by atoms with Crippen LogP contribution in [0.15, 0.2) is 23.0 Å². The summed E-state index contributed by atoms with van der Waals surface area (Å²) in [6.07, 6.45) is 0. The first-order chi connectivity index (χ1) is 8.30. The highest BCUT2D eigenvalue weighted by Gasteiger charge is 2.17. The van der Waals surface area contributed by atoms with Gasteiger partial charge in [0.15, 0.2) is 0 Å². The summed E-state index contributed by atoms with van der Waals surface area (Å²) in [6.45, 7) is 6.09. The van der Waals surface area contributed by atoms with Crippen molar-refractivity contribution in [2.45, 2.75) is 26.2 Å². The second-order valence-corrected chi connectivity index (χ2v) is 5.22. The van der Waals surface area contributed by atoms with E-state index < -0.39 is 17.1 Å². The molecule has 18 heavy (non-hydrogen) atoms. The van der Waals surface area contributed by atoms with E-state index in [0.29, 0.717) is 10.9 Å². The Bertz CT molecular complexity index is 681. The third-order valence-corrected chi connectivity index (χ3v) is 2.84. The van der Waals surface area contributed by atoms with Gasteiger partial charge in [-0.2, -0.15) is 5.10 Å². The molecule has 0 saturated heterocycles. The molecule has 0 spiro atoms. The highest BCUT2D eigenvalue weighted by molar-refractivity contribution is 5.90. The van der Waals surface area contributed by atoms with Crippen LogP contribution in [0.3, 0.4) is 0 Å². The summed E-state index contributed by atoms with van der Waals surface area (Å²) in [4.78, 5) is 22.9. The summed E-state index contributed by atoms with van der Waals surface area (Å²) in [7, 11) is 0. The lowest BCUT2D eigenvalue weighted by Gasteiger charge is -2.19. The number of carboxylic acid groups (broad SMARTS) is 1. The fourth-order valence-corrected chi connectivity index (χ4v) is 1.74. The number of carbonyl (C=O) groups is 1. The van der Waals surface area contributed by atoms with Crippen molar-refractivity contribution < 1.29 is 9.90 Å². The molecule has 5 heteroatoms. The largest absolute Gasteiger partial charge is 0.476 e. The van der Waals surface area contributed by atoms with Gasteiger partial charge in [0.2, 0.25) is 11.1 Å². The SMILES string of the molecule is CC(C)(C)c1ccc2[nH]nc(C(=O)O)c(=O)c2c1. The lowest BCUT2D eigenvalue weighted by atomic mass is 9.86. The molecule has 94 valence electrons. The zero-order valence-corrected chi connectivity index (χ0v) is 10.4. The molecule has 0 aliphatic heterocycles. The molecule has 0 radical (unpaired) electrons. The number of rotatable bonds is 1. The van der Waals surface area contributed by atoms with E-state index in [4.69, 9.17) is 5.11 Å². The first kappa shape index (κ1) is 12.3. The van der Waals surface area contributed by atoms with Gasteiger partial charge in [0, 0.05) is 5.39 Å². The molecule has 0 amide bonds. The third kappa shape index (κ3) is 1.99. The van der Waals surface area contributed by atoms with Gasteiger partial charge in [-0.15, -0.1) is 0 Å². The standard InChI is InChI=1S/C13H14N2O3/c1-13(2,3)7-4-5-9-8(6-7)11(16)10(12(17)18)15-14-9/h4-6H,1-3H3,(H,14,16)(H,17,18). The third-order valence-electron chi connectivity index (χ3n) is 2.84. The minimum atomic E-state index is -1.32. The molecule has 1 aromatic carbocycles. The summed E-state index contributed by atoms with van der Waals surface area (Å²) < 4.78 is 0. The Kier molecular flexibility index (Phi) is 2.69. The summed E-state index contributed by atoms with van der Waals surface area (Å²) in [5.74, 6) is -1.32. The molecular weight excluding hydrogens is 232 g/mol.